The molecule has 3 aromatic rings. The van der Waals surface area contributed by atoms with Crippen LogP contribution in [-0.4, -0.2) is 27.1 Å². The lowest BCUT2D eigenvalue weighted by Crippen LogP contribution is -2.42. The molecule has 0 radical (unpaired) electrons. The van der Waals surface area contributed by atoms with Crippen molar-refractivity contribution in [2.75, 3.05) is 12.4 Å². The molecule has 8 nitrogen and oxygen atoms in total. The number of nitrogens with zero attached hydrogens (tertiary/aromatic N) is 3. The van der Waals surface area contributed by atoms with Crippen molar-refractivity contribution in [1.82, 2.24) is 14.1 Å². The third kappa shape index (κ3) is 3.86. The number of ether oxygens (including phenoxy) is 1. The maximum atomic E-state index is 13.0. The summed E-state index contributed by atoms with van der Waals surface area (Å²) >= 11 is 11.8. The van der Waals surface area contributed by atoms with Gasteiger partial charge in [0.15, 0.2) is 5.65 Å². The van der Waals surface area contributed by atoms with Gasteiger partial charge >= 0.3 is 5.69 Å². The predicted octanol–water partition coefficient (Wildman–Crippen LogP) is 2.61. The first-order valence-electron chi connectivity index (χ1n) is 8.68. The number of fused-ring (bicyclic) bond motifs is 1. The molecule has 1 N–H and O–H groups in total. The lowest BCUT2D eigenvalue weighted by Gasteiger charge is -2.14. The Hall–Kier alpha value is -2.84. The van der Waals surface area contributed by atoms with Crippen LogP contribution in [-0.2, 0) is 24.8 Å². The highest BCUT2D eigenvalue weighted by molar-refractivity contribution is 6.42. The molecular weight excluding hydrogens is 419 g/mol. The van der Waals surface area contributed by atoms with Gasteiger partial charge in [0.25, 0.3) is 5.56 Å². The van der Waals surface area contributed by atoms with Crippen LogP contribution in [0.3, 0.4) is 0 Å². The second-order valence-electron chi connectivity index (χ2n) is 6.28. The van der Waals surface area contributed by atoms with Crippen molar-refractivity contribution in [3.05, 3.63) is 60.8 Å². The van der Waals surface area contributed by atoms with Gasteiger partial charge < -0.3 is 10.1 Å². The quantitative estimate of drug-likeness (QED) is 0.662. The first-order valence-corrected chi connectivity index (χ1v) is 9.44. The molecule has 0 fully saturated rings. The minimum absolute atomic E-state index is 0.149. The van der Waals surface area contributed by atoms with Gasteiger partial charge in [0.1, 0.15) is 17.7 Å². The predicted molar refractivity (Wildman–Crippen MR) is 112 cm³/mol. The molecule has 152 valence electrons. The minimum Gasteiger partial charge on any atom is -0.495 e. The van der Waals surface area contributed by atoms with Gasteiger partial charge in [-0.3, -0.25) is 14.2 Å². The molecule has 0 aliphatic rings. The summed E-state index contributed by atoms with van der Waals surface area (Å²) in [7, 11) is 2.93. The first-order chi connectivity index (χ1) is 13.8. The van der Waals surface area contributed by atoms with Gasteiger partial charge in [0.2, 0.25) is 5.91 Å². The average Bonchev–Trinajstić information content (AvgIpc) is 2.71. The van der Waals surface area contributed by atoms with E-state index in [0.29, 0.717) is 22.9 Å². The van der Waals surface area contributed by atoms with Gasteiger partial charge in [-0.25, -0.2) is 14.3 Å². The molecule has 0 saturated carbocycles. The number of hydrogen-bond acceptors (Lipinski definition) is 5. The van der Waals surface area contributed by atoms with Gasteiger partial charge in [-0.1, -0.05) is 30.1 Å². The molecule has 29 heavy (non-hydrogen) atoms. The molecular formula is C19H18Cl2N4O4. The topological polar surface area (TPSA) is 95.2 Å². The Kier molecular flexibility index (Phi) is 5.95. The van der Waals surface area contributed by atoms with Crippen molar-refractivity contribution in [1.29, 1.82) is 0 Å². The Bertz CT molecular complexity index is 1230. The van der Waals surface area contributed by atoms with Crippen molar-refractivity contribution in [3.8, 4) is 5.75 Å². The molecule has 0 spiro atoms. The Balaban J connectivity index is 2.07. The number of carbonyl (C=O) groups excluding carboxylic acids is 1. The number of rotatable bonds is 5. The van der Waals surface area contributed by atoms with E-state index in [1.54, 1.807) is 12.3 Å². The van der Waals surface area contributed by atoms with E-state index in [1.807, 2.05) is 6.92 Å². The second kappa shape index (κ2) is 8.26. The van der Waals surface area contributed by atoms with Gasteiger partial charge in [0.05, 0.1) is 17.2 Å². The number of nitrogens with one attached hydrogen (secondary N) is 1. The van der Waals surface area contributed by atoms with Crippen LogP contribution < -0.4 is 21.3 Å². The third-order valence-corrected chi connectivity index (χ3v) is 5.21. The molecule has 1 amide bonds. The monoisotopic (exact) mass is 436 g/mol. The number of anilines is 1. The van der Waals surface area contributed by atoms with E-state index in [-0.39, 0.29) is 16.1 Å². The molecule has 3 rings (SSSR count). The van der Waals surface area contributed by atoms with E-state index in [4.69, 9.17) is 27.9 Å². The summed E-state index contributed by atoms with van der Waals surface area (Å²) < 4.78 is 7.47. The molecule has 0 aliphatic heterocycles. The lowest BCUT2D eigenvalue weighted by atomic mass is 10.1. The van der Waals surface area contributed by atoms with Gasteiger partial charge in [0, 0.05) is 24.5 Å². The summed E-state index contributed by atoms with van der Waals surface area (Å²) in [5, 5.41) is 3.36. The van der Waals surface area contributed by atoms with Crippen molar-refractivity contribution in [3.63, 3.8) is 0 Å². The molecule has 1 aromatic carbocycles. The van der Waals surface area contributed by atoms with E-state index in [1.165, 1.54) is 30.9 Å². The molecule has 2 aromatic heterocycles. The van der Waals surface area contributed by atoms with E-state index < -0.39 is 23.7 Å². The molecule has 0 aliphatic carbocycles. The normalized spacial score (nSPS) is 10.9. The zero-order valence-corrected chi connectivity index (χ0v) is 17.5. The zero-order chi connectivity index (χ0) is 21.3. The highest BCUT2D eigenvalue weighted by atomic mass is 35.5. The number of methoxy groups -OCH3 is 1. The van der Waals surface area contributed by atoms with E-state index >= 15 is 0 Å². The fraction of sp³-hybridized carbons (Fsp3) is 0.263. The summed E-state index contributed by atoms with van der Waals surface area (Å²) in [6, 6.07) is 4.57. The number of aromatic nitrogens is 3. The van der Waals surface area contributed by atoms with Crippen molar-refractivity contribution < 1.29 is 9.53 Å². The molecule has 10 heteroatoms. The van der Waals surface area contributed by atoms with Gasteiger partial charge in [-0.2, -0.15) is 0 Å². The van der Waals surface area contributed by atoms with Crippen LogP contribution in [0, 0.1) is 0 Å². The molecule has 2 heterocycles. The van der Waals surface area contributed by atoms with Crippen LogP contribution in [0.1, 0.15) is 12.5 Å². The second-order valence-corrected chi connectivity index (χ2v) is 7.09. The summed E-state index contributed by atoms with van der Waals surface area (Å²) in [6.07, 6.45) is 2.16. The Morgan fingerprint density at radius 1 is 1.24 bits per heavy atom. The maximum absolute atomic E-state index is 13.0. The number of pyridine rings is 1. The van der Waals surface area contributed by atoms with Crippen LogP contribution in [0.2, 0.25) is 10.0 Å². The van der Waals surface area contributed by atoms with Crippen LogP contribution in [0.5, 0.6) is 5.75 Å². The van der Waals surface area contributed by atoms with E-state index in [2.05, 4.69) is 10.3 Å². The molecule has 0 saturated heterocycles. The van der Waals surface area contributed by atoms with Crippen LogP contribution in [0.25, 0.3) is 11.0 Å². The third-order valence-electron chi connectivity index (χ3n) is 4.47. The summed E-state index contributed by atoms with van der Waals surface area (Å²) in [5.74, 6) is -0.225. The number of amides is 1. The zero-order valence-electron chi connectivity index (χ0n) is 16.0. The lowest BCUT2D eigenvalue weighted by molar-refractivity contribution is -0.116. The van der Waals surface area contributed by atoms with Crippen molar-refractivity contribution in [2.45, 2.75) is 19.9 Å². The number of halogens is 2. The molecule has 0 unspecified atom stereocenters. The standard InChI is InChI=1S/C19H18Cl2N4O4/c1-4-10-8-22-17-15(16(10)29-3)18(27)25(19(28)24(17)2)9-14(26)23-11-5-6-12(20)13(21)7-11/h5-8H,4,9H2,1-3H3,(H,23,26). The first kappa shape index (κ1) is 20.9. The van der Waals surface area contributed by atoms with Gasteiger partial charge in [-0.15, -0.1) is 0 Å². The Morgan fingerprint density at radius 3 is 2.59 bits per heavy atom. The smallest absolute Gasteiger partial charge is 0.332 e. The van der Waals surface area contributed by atoms with Crippen molar-refractivity contribution in [2.24, 2.45) is 7.05 Å². The number of aryl methyl sites for hydroxylation is 2. The molecule has 0 bridgehead atoms. The summed E-state index contributed by atoms with van der Waals surface area (Å²) in [5.41, 5.74) is -0.00189. The maximum Gasteiger partial charge on any atom is 0.332 e. The number of hydrogen-bond donors (Lipinski definition) is 1. The highest BCUT2D eigenvalue weighted by Crippen LogP contribution is 2.26. The summed E-state index contributed by atoms with van der Waals surface area (Å²) in [4.78, 5) is 42.4. The SMILES string of the molecule is CCc1cnc2c(c1OC)c(=O)n(CC(=O)Nc1ccc(Cl)c(Cl)c1)c(=O)n2C. The summed E-state index contributed by atoms with van der Waals surface area (Å²) in [6.45, 7) is 1.41. The Morgan fingerprint density at radius 2 is 1.97 bits per heavy atom. The largest absolute Gasteiger partial charge is 0.495 e. The number of benzene rings is 1. The van der Waals surface area contributed by atoms with Gasteiger partial charge in [-0.05, 0) is 24.6 Å². The fourth-order valence-electron chi connectivity index (χ4n) is 3.01. The van der Waals surface area contributed by atoms with Crippen LogP contribution in [0.15, 0.2) is 34.0 Å². The van der Waals surface area contributed by atoms with E-state index in [9.17, 15) is 14.4 Å². The van der Waals surface area contributed by atoms with Crippen LogP contribution in [0.4, 0.5) is 5.69 Å². The minimum atomic E-state index is -0.661. The number of carbonyl (C=O) groups is 1. The van der Waals surface area contributed by atoms with Crippen molar-refractivity contribution >= 4 is 45.8 Å². The van der Waals surface area contributed by atoms with E-state index in [0.717, 1.165) is 10.1 Å². The van der Waals surface area contributed by atoms with Crippen LogP contribution >= 0.6 is 23.2 Å². The fourth-order valence-corrected chi connectivity index (χ4v) is 3.31. The Labute approximate surface area is 175 Å². The average molecular weight is 437 g/mol. The molecule has 0 atom stereocenters. The highest BCUT2D eigenvalue weighted by Gasteiger charge is 2.20.